The second kappa shape index (κ2) is 11.1. The summed E-state index contributed by atoms with van der Waals surface area (Å²) in [6.07, 6.45) is 0. The lowest BCUT2D eigenvalue weighted by Gasteiger charge is -2.30. The molecule has 0 amide bonds. The molecule has 0 unspecified atom stereocenters. The van der Waals surface area contributed by atoms with Gasteiger partial charge in [-0.05, 0) is 92.5 Å². The number of hydrogen-bond acceptors (Lipinski definition) is 3. The third-order valence-electron chi connectivity index (χ3n) is 11.4. The molecule has 0 bridgehead atoms. The third-order valence-corrected chi connectivity index (χ3v) is 11.4. The van der Waals surface area contributed by atoms with E-state index < -0.39 is 0 Å². The number of aromatic nitrogens is 1. The van der Waals surface area contributed by atoms with E-state index >= 15 is 0 Å². The third kappa shape index (κ3) is 4.37. The maximum absolute atomic E-state index is 6.64. The lowest BCUT2D eigenvalue weighted by molar-refractivity contribution is 0.590. The molecule has 1 aromatic heterocycles. The highest BCUT2D eigenvalue weighted by molar-refractivity contribution is 6.22. The Morgan fingerprint density at radius 2 is 1.17 bits per heavy atom. The second-order valence-corrected chi connectivity index (χ2v) is 14.7. The van der Waals surface area contributed by atoms with Gasteiger partial charge in [0.1, 0.15) is 5.69 Å². The molecule has 9 aromatic rings. The topological polar surface area (TPSA) is 29.3 Å². The van der Waals surface area contributed by atoms with Crippen molar-refractivity contribution in [2.45, 2.75) is 19.3 Å². The fourth-order valence-electron chi connectivity index (χ4n) is 8.89. The normalized spacial score (nSPS) is 13.2. The molecule has 0 saturated heterocycles. The number of nitrogens with zero attached hydrogens (tertiary/aromatic N) is 2. The lowest BCUT2D eigenvalue weighted by atomic mass is 9.82. The van der Waals surface area contributed by atoms with Crippen molar-refractivity contribution in [3.8, 4) is 56.3 Å². The van der Waals surface area contributed by atoms with Crippen molar-refractivity contribution < 1.29 is 4.42 Å². The molecule has 1 heterocycles. The van der Waals surface area contributed by atoms with E-state index in [1.165, 1.54) is 54.9 Å². The molecule has 2 aliphatic rings. The SMILES string of the molecule is CC1(C)c2ccccc2-c2ccc(N(c3ccc(-c4nc5c(o4)-c4cccc6c4c-5cc4ccccc46)cc3)c3ccccc3-c3ccccc3)cc21. The average molecular weight is 679 g/mol. The first kappa shape index (κ1) is 30.0. The van der Waals surface area contributed by atoms with Crippen LogP contribution in [0.1, 0.15) is 25.0 Å². The Morgan fingerprint density at radius 3 is 2.04 bits per heavy atom. The second-order valence-electron chi connectivity index (χ2n) is 14.7. The minimum Gasteiger partial charge on any atom is -0.435 e. The average Bonchev–Trinajstić information content (AvgIpc) is 3.85. The van der Waals surface area contributed by atoms with E-state index in [1.807, 2.05) is 0 Å². The summed E-state index contributed by atoms with van der Waals surface area (Å²) in [5.41, 5.74) is 15.0. The summed E-state index contributed by atoms with van der Waals surface area (Å²) in [5.74, 6) is 1.48. The number of anilines is 3. The van der Waals surface area contributed by atoms with Crippen LogP contribution in [0.5, 0.6) is 0 Å². The molecule has 8 aromatic carbocycles. The molecule has 0 N–H and O–H groups in total. The van der Waals surface area contributed by atoms with Gasteiger partial charge in [-0.2, -0.15) is 0 Å². The first-order valence-electron chi connectivity index (χ1n) is 18.3. The van der Waals surface area contributed by atoms with Crippen LogP contribution in [-0.2, 0) is 5.41 Å². The summed E-state index contributed by atoms with van der Waals surface area (Å²) in [6, 6.07) is 61.2. The van der Waals surface area contributed by atoms with Gasteiger partial charge in [0.2, 0.25) is 5.89 Å². The van der Waals surface area contributed by atoms with E-state index in [9.17, 15) is 0 Å². The van der Waals surface area contributed by atoms with Crippen LogP contribution >= 0.6 is 0 Å². The summed E-state index contributed by atoms with van der Waals surface area (Å²) in [5, 5.41) is 4.93. The van der Waals surface area contributed by atoms with Gasteiger partial charge in [-0.15, -0.1) is 0 Å². The molecule has 250 valence electrons. The van der Waals surface area contributed by atoms with Crippen LogP contribution in [0.4, 0.5) is 17.1 Å². The highest BCUT2D eigenvalue weighted by Gasteiger charge is 2.36. The van der Waals surface area contributed by atoms with Crippen LogP contribution in [0.25, 0.3) is 77.8 Å². The van der Waals surface area contributed by atoms with Gasteiger partial charge < -0.3 is 9.32 Å². The van der Waals surface area contributed by atoms with Crippen LogP contribution in [0.3, 0.4) is 0 Å². The van der Waals surface area contributed by atoms with Gasteiger partial charge in [0.25, 0.3) is 0 Å². The monoisotopic (exact) mass is 678 g/mol. The standard InChI is InChI=1S/C50H34N2O/c1-50(2)43-21-10-8-18-38(43)39-28-27-35(30-44(39)50)52(45-22-11-9-17-37(45)31-13-4-3-5-14-31)34-25-23-32(24-26-34)49-51-47-42-29-33-15-6-7-16-36(33)40-19-12-20-41(46(40)42)48(47)53-49/h3-30H,1-2H3. The maximum atomic E-state index is 6.64. The highest BCUT2D eigenvalue weighted by atomic mass is 16.4. The summed E-state index contributed by atoms with van der Waals surface area (Å²) in [4.78, 5) is 7.54. The van der Waals surface area contributed by atoms with Crippen LogP contribution in [0.15, 0.2) is 174 Å². The van der Waals surface area contributed by atoms with Crippen molar-refractivity contribution in [2.24, 2.45) is 0 Å². The molecule has 2 aliphatic carbocycles. The van der Waals surface area contributed by atoms with Gasteiger partial charge in [-0.1, -0.05) is 135 Å². The van der Waals surface area contributed by atoms with Crippen LogP contribution in [0.2, 0.25) is 0 Å². The minimum absolute atomic E-state index is 0.114. The van der Waals surface area contributed by atoms with E-state index in [-0.39, 0.29) is 5.41 Å². The smallest absolute Gasteiger partial charge is 0.227 e. The Kier molecular flexibility index (Phi) is 6.30. The van der Waals surface area contributed by atoms with E-state index in [2.05, 4.69) is 189 Å². The zero-order chi connectivity index (χ0) is 35.3. The number of para-hydroxylation sites is 1. The van der Waals surface area contributed by atoms with E-state index in [0.29, 0.717) is 5.89 Å². The van der Waals surface area contributed by atoms with Gasteiger partial charge in [-0.3, -0.25) is 0 Å². The van der Waals surface area contributed by atoms with Gasteiger partial charge in [-0.25, -0.2) is 4.98 Å². The molecular weight excluding hydrogens is 645 g/mol. The number of fused-ring (bicyclic) bond motifs is 8. The van der Waals surface area contributed by atoms with Gasteiger partial charge >= 0.3 is 0 Å². The molecule has 0 saturated carbocycles. The quantitative estimate of drug-likeness (QED) is 0.170. The lowest BCUT2D eigenvalue weighted by Crippen LogP contribution is -2.16. The summed E-state index contributed by atoms with van der Waals surface area (Å²) >= 11 is 0. The summed E-state index contributed by atoms with van der Waals surface area (Å²) in [7, 11) is 0. The minimum atomic E-state index is -0.114. The Hall–Kier alpha value is -6.71. The largest absolute Gasteiger partial charge is 0.435 e. The highest BCUT2D eigenvalue weighted by Crippen LogP contribution is 2.52. The number of hydrogen-bond donors (Lipinski definition) is 0. The molecule has 53 heavy (non-hydrogen) atoms. The van der Waals surface area contributed by atoms with Crippen molar-refractivity contribution in [1.82, 2.24) is 4.98 Å². The van der Waals surface area contributed by atoms with Crippen molar-refractivity contribution in [3.05, 3.63) is 181 Å². The predicted octanol–water partition coefficient (Wildman–Crippen LogP) is 13.7. The van der Waals surface area contributed by atoms with E-state index in [1.54, 1.807) is 0 Å². The molecule has 0 atom stereocenters. The molecule has 0 spiro atoms. The molecular formula is C50H34N2O. The molecule has 11 rings (SSSR count). The van der Waals surface area contributed by atoms with Crippen LogP contribution in [-0.4, -0.2) is 4.98 Å². The molecule has 3 heteroatoms. The van der Waals surface area contributed by atoms with Crippen molar-refractivity contribution in [3.63, 3.8) is 0 Å². The van der Waals surface area contributed by atoms with Crippen molar-refractivity contribution >= 4 is 38.6 Å². The first-order valence-corrected chi connectivity index (χ1v) is 18.3. The number of rotatable bonds is 5. The molecule has 0 radical (unpaired) electrons. The molecule has 3 nitrogen and oxygen atoms in total. The number of oxazole rings is 1. The van der Waals surface area contributed by atoms with Crippen molar-refractivity contribution in [2.75, 3.05) is 4.90 Å². The van der Waals surface area contributed by atoms with Gasteiger partial charge in [0, 0.05) is 44.4 Å². The van der Waals surface area contributed by atoms with E-state index in [4.69, 9.17) is 9.40 Å². The zero-order valence-corrected chi connectivity index (χ0v) is 29.5. The Labute approximate surface area is 308 Å². The van der Waals surface area contributed by atoms with Crippen LogP contribution in [0, 0.1) is 0 Å². The Balaban J connectivity index is 1.04. The summed E-state index contributed by atoms with van der Waals surface area (Å²) in [6.45, 7) is 4.68. The molecule has 0 fully saturated rings. The fraction of sp³-hybridized carbons (Fsp3) is 0.0600. The number of benzene rings is 8. The molecule has 0 aliphatic heterocycles. The van der Waals surface area contributed by atoms with E-state index in [0.717, 1.165) is 45.2 Å². The summed E-state index contributed by atoms with van der Waals surface area (Å²) < 4.78 is 6.64. The Morgan fingerprint density at radius 1 is 0.491 bits per heavy atom. The van der Waals surface area contributed by atoms with Gasteiger partial charge in [0.15, 0.2) is 5.76 Å². The zero-order valence-electron chi connectivity index (χ0n) is 29.5. The Bertz CT molecular complexity index is 2920. The van der Waals surface area contributed by atoms with Crippen LogP contribution < -0.4 is 4.90 Å². The predicted molar refractivity (Wildman–Crippen MR) is 219 cm³/mol. The first-order chi connectivity index (χ1) is 26.0. The fourth-order valence-corrected chi connectivity index (χ4v) is 8.89. The van der Waals surface area contributed by atoms with Gasteiger partial charge in [0.05, 0.1) is 5.69 Å². The van der Waals surface area contributed by atoms with Crippen molar-refractivity contribution in [1.29, 1.82) is 0 Å². The maximum Gasteiger partial charge on any atom is 0.227 e.